The second-order valence-electron chi connectivity index (χ2n) is 11.5. The molecule has 0 spiro atoms. The molecular formula is C33H38F3N3O5. The third kappa shape index (κ3) is 7.88. The molecule has 1 aliphatic carbocycles. The lowest BCUT2D eigenvalue weighted by Crippen LogP contribution is -2.41. The van der Waals surface area contributed by atoms with Gasteiger partial charge in [0, 0.05) is 23.8 Å². The lowest BCUT2D eigenvalue weighted by molar-refractivity contribution is -0.151. The minimum Gasteiger partial charge on any atom is -0.493 e. The zero-order valence-electron chi connectivity index (χ0n) is 25.1. The van der Waals surface area contributed by atoms with Gasteiger partial charge in [-0.05, 0) is 87.7 Å². The molecule has 236 valence electrons. The van der Waals surface area contributed by atoms with Crippen molar-refractivity contribution in [3.63, 3.8) is 0 Å². The van der Waals surface area contributed by atoms with E-state index in [9.17, 15) is 18.8 Å². The van der Waals surface area contributed by atoms with Crippen LogP contribution in [-0.4, -0.2) is 41.6 Å². The zero-order valence-corrected chi connectivity index (χ0v) is 25.1. The highest BCUT2D eigenvalue weighted by atomic mass is 19.1. The monoisotopic (exact) mass is 613 g/mol. The number of nitrogens with one attached hydrogen (secondary N) is 1. The number of nitrogens with two attached hydrogens (primary N) is 1. The Morgan fingerprint density at radius 2 is 1.70 bits per heavy atom. The average molecular weight is 614 g/mol. The summed E-state index contributed by atoms with van der Waals surface area (Å²) in [6.45, 7) is 6.05. The van der Waals surface area contributed by atoms with E-state index >= 15 is 8.78 Å². The molecule has 8 nitrogen and oxygen atoms in total. The van der Waals surface area contributed by atoms with Crippen molar-refractivity contribution >= 4 is 17.6 Å². The molecule has 3 aromatic rings. The Morgan fingerprint density at radius 1 is 1.02 bits per heavy atom. The number of anilines is 1. The third-order valence-corrected chi connectivity index (χ3v) is 7.57. The van der Waals surface area contributed by atoms with Gasteiger partial charge >= 0.3 is 5.97 Å². The number of halogens is 3. The molecule has 0 radical (unpaired) electrons. The summed E-state index contributed by atoms with van der Waals surface area (Å²) in [6, 6.07) is 7.24. The molecule has 1 fully saturated rings. The maximum atomic E-state index is 15.2. The van der Waals surface area contributed by atoms with Gasteiger partial charge in [0.05, 0.1) is 12.2 Å². The van der Waals surface area contributed by atoms with E-state index < -0.39 is 46.3 Å². The van der Waals surface area contributed by atoms with Crippen LogP contribution in [0.1, 0.15) is 73.9 Å². The first-order valence-electron chi connectivity index (χ1n) is 14.8. The molecular weight excluding hydrogens is 575 g/mol. The second-order valence-corrected chi connectivity index (χ2v) is 11.5. The van der Waals surface area contributed by atoms with Crippen LogP contribution in [0, 0.1) is 30.3 Å². The highest BCUT2D eigenvalue weighted by Gasteiger charge is 2.26. The first-order valence-corrected chi connectivity index (χ1v) is 14.8. The van der Waals surface area contributed by atoms with Crippen LogP contribution in [0.15, 0.2) is 47.3 Å². The van der Waals surface area contributed by atoms with Gasteiger partial charge in [-0.2, -0.15) is 0 Å². The van der Waals surface area contributed by atoms with Crippen LogP contribution >= 0.6 is 0 Å². The fourth-order valence-corrected chi connectivity index (χ4v) is 5.28. The van der Waals surface area contributed by atoms with Crippen molar-refractivity contribution in [1.29, 1.82) is 0 Å². The molecule has 0 aliphatic heterocycles. The molecule has 0 unspecified atom stereocenters. The normalized spacial score (nSPS) is 14.2. The van der Waals surface area contributed by atoms with Gasteiger partial charge in [-0.25, -0.2) is 13.2 Å². The Kier molecular flexibility index (Phi) is 10.9. The van der Waals surface area contributed by atoms with E-state index in [2.05, 4.69) is 5.32 Å². The van der Waals surface area contributed by atoms with Crippen molar-refractivity contribution in [2.24, 2.45) is 5.92 Å². The van der Waals surface area contributed by atoms with Gasteiger partial charge in [0.1, 0.15) is 35.2 Å². The number of ketones is 1. The number of rotatable bonds is 13. The van der Waals surface area contributed by atoms with Crippen LogP contribution in [0.3, 0.4) is 0 Å². The van der Waals surface area contributed by atoms with E-state index in [0.29, 0.717) is 24.0 Å². The lowest BCUT2D eigenvalue weighted by Gasteiger charge is -2.21. The number of ether oxygens (including phenoxy) is 2. The summed E-state index contributed by atoms with van der Waals surface area (Å²) in [7, 11) is 0. The molecule has 11 heteroatoms. The Bertz CT molecular complexity index is 1540. The van der Waals surface area contributed by atoms with Crippen molar-refractivity contribution in [2.45, 2.75) is 71.4 Å². The van der Waals surface area contributed by atoms with Gasteiger partial charge in [-0.15, -0.1) is 0 Å². The molecule has 1 atom stereocenters. The van der Waals surface area contributed by atoms with Gasteiger partial charge in [0.15, 0.2) is 17.4 Å². The summed E-state index contributed by atoms with van der Waals surface area (Å²) in [5, 5.41) is 3.21. The Hall–Kier alpha value is -4.12. The highest BCUT2D eigenvalue weighted by Crippen LogP contribution is 2.27. The molecule has 44 heavy (non-hydrogen) atoms. The Balaban J connectivity index is 1.42. The summed E-state index contributed by atoms with van der Waals surface area (Å²) in [4.78, 5) is 38.4. The largest absolute Gasteiger partial charge is 0.493 e. The van der Waals surface area contributed by atoms with Crippen LogP contribution in [0.2, 0.25) is 0 Å². The van der Waals surface area contributed by atoms with E-state index in [1.807, 2.05) is 13.8 Å². The summed E-state index contributed by atoms with van der Waals surface area (Å²) in [6.07, 6.45) is 4.93. The van der Waals surface area contributed by atoms with Crippen molar-refractivity contribution < 1.29 is 32.2 Å². The number of nitrogen functional groups attached to an aromatic ring is 1. The first kappa shape index (κ1) is 32.8. The number of aromatic nitrogens is 1. The fourth-order valence-electron chi connectivity index (χ4n) is 5.28. The molecule has 3 N–H and O–H groups in total. The van der Waals surface area contributed by atoms with E-state index in [4.69, 9.17) is 15.2 Å². The zero-order chi connectivity index (χ0) is 32.0. The number of hydrogen-bond donors (Lipinski definition) is 2. The minimum absolute atomic E-state index is 0.0247. The number of hydrogen-bond acceptors (Lipinski definition) is 7. The number of pyridine rings is 1. The fraction of sp³-hybridized carbons (Fsp3) is 0.424. The first-order chi connectivity index (χ1) is 21.0. The SMILES string of the molecule is Cc1cc(C(=O)c2ccc(=O)n(-c3c(F)cc(OCCCN[C@@H](CC(C)C)C(=O)OC4CCCC4)cc3F)c2N)ccc1F. The van der Waals surface area contributed by atoms with Crippen LogP contribution in [0.5, 0.6) is 5.75 Å². The van der Waals surface area contributed by atoms with E-state index in [1.54, 1.807) is 0 Å². The quantitative estimate of drug-likeness (QED) is 0.146. The molecule has 2 aromatic carbocycles. The highest BCUT2D eigenvalue weighted by molar-refractivity contribution is 6.11. The van der Waals surface area contributed by atoms with Gasteiger partial charge in [0.25, 0.3) is 5.56 Å². The maximum absolute atomic E-state index is 15.2. The number of carbonyl (C=O) groups is 2. The molecule has 1 aliphatic rings. The Labute approximate surface area is 254 Å². The summed E-state index contributed by atoms with van der Waals surface area (Å²) >= 11 is 0. The molecule has 4 rings (SSSR count). The van der Waals surface area contributed by atoms with Crippen molar-refractivity contribution in [3.05, 3.63) is 87.0 Å². The third-order valence-electron chi connectivity index (χ3n) is 7.57. The Morgan fingerprint density at radius 3 is 2.34 bits per heavy atom. The van der Waals surface area contributed by atoms with Crippen LogP contribution in [0.25, 0.3) is 5.69 Å². The molecule has 1 saturated carbocycles. The topological polar surface area (TPSA) is 113 Å². The van der Waals surface area contributed by atoms with Gasteiger partial charge < -0.3 is 20.5 Å². The second kappa shape index (κ2) is 14.6. The van der Waals surface area contributed by atoms with Crippen molar-refractivity contribution in [1.82, 2.24) is 9.88 Å². The number of carbonyl (C=O) groups excluding carboxylic acids is 2. The van der Waals surface area contributed by atoms with Gasteiger partial charge in [-0.1, -0.05) is 13.8 Å². The van der Waals surface area contributed by atoms with Crippen molar-refractivity contribution in [3.8, 4) is 11.4 Å². The molecule has 0 saturated heterocycles. The van der Waals surface area contributed by atoms with E-state index in [-0.39, 0.29) is 47.0 Å². The van der Waals surface area contributed by atoms with Crippen molar-refractivity contribution in [2.75, 3.05) is 18.9 Å². The van der Waals surface area contributed by atoms with E-state index in [0.717, 1.165) is 56.0 Å². The smallest absolute Gasteiger partial charge is 0.323 e. The number of benzene rings is 2. The molecule has 1 heterocycles. The summed E-state index contributed by atoms with van der Waals surface area (Å²) in [5.74, 6) is -3.96. The lowest BCUT2D eigenvalue weighted by atomic mass is 10.0. The predicted octanol–water partition coefficient (Wildman–Crippen LogP) is 5.64. The standard InChI is InChI=1S/C33H38F3N3O5/c1-19(2)15-28(33(42)44-22-7-4-5-8-22)38-13-6-14-43-23-17-26(35)30(27(36)18-23)39-29(40)12-10-24(32(39)37)31(41)21-9-11-25(34)20(3)16-21/h9-12,16-19,22,28,38H,4-8,13-15,37H2,1-3H3/t28-/m0/s1. The van der Waals surface area contributed by atoms with E-state index in [1.165, 1.54) is 19.1 Å². The predicted molar refractivity (Wildman–Crippen MR) is 161 cm³/mol. The minimum atomic E-state index is -1.12. The van der Waals surface area contributed by atoms with Crippen LogP contribution in [0.4, 0.5) is 19.0 Å². The van der Waals surface area contributed by atoms with Gasteiger partial charge in [-0.3, -0.25) is 19.0 Å². The summed E-state index contributed by atoms with van der Waals surface area (Å²) in [5.41, 5.74) is 4.63. The number of aryl methyl sites for hydroxylation is 1. The molecule has 0 bridgehead atoms. The molecule has 1 aromatic heterocycles. The average Bonchev–Trinajstić information content (AvgIpc) is 3.47. The molecule has 0 amide bonds. The van der Waals surface area contributed by atoms with Crippen LogP contribution < -0.4 is 21.3 Å². The number of esters is 1. The van der Waals surface area contributed by atoms with Gasteiger partial charge in [0.2, 0.25) is 0 Å². The maximum Gasteiger partial charge on any atom is 0.323 e. The summed E-state index contributed by atoms with van der Waals surface area (Å²) < 4.78 is 56.0. The van der Waals surface area contributed by atoms with Crippen LogP contribution in [-0.2, 0) is 9.53 Å². The number of nitrogens with zero attached hydrogens (tertiary/aromatic N) is 1.